The van der Waals surface area contributed by atoms with E-state index in [0.717, 1.165) is 28.7 Å². The van der Waals surface area contributed by atoms with E-state index in [4.69, 9.17) is 14.9 Å². The summed E-state index contributed by atoms with van der Waals surface area (Å²) < 4.78 is 19.3. The molecule has 6 nitrogen and oxygen atoms in total. The summed E-state index contributed by atoms with van der Waals surface area (Å²) in [6.07, 6.45) is 1.45. The topological polar surface area (TPSA) is 87.1 Å². The molecular formula is C32H31ClFNO5. The molecule has 0 spiro atoms. The minimum atomic E-state index is -0.964. The number of nitrogens with zero attached hydrogens (tertiary/aromatic N) is 1. The van der Waals surface area contributed by atoms with Crippen LogP contribution in [0.4, 0.5) is 4.39 Å². The summed E-state index contributed by atoms with van der Waals surface area (Å²) in [5.74, 6) is -0.662. The Hall–Kier alpha value is -4.20. The maximum atomic E-state index is 13.2. The molecule has 0 aliphatic heterocycles. The van der Waals surface area contributed by atoms with Gasteiger partial charge in [0.1, 0.15) is 17.3 Å². The van der Waals surface area contributed by atoms with Crippen molar-refractivity contribution in [3.8, 4) is 22.6 Å². The van der Waals surface area contributed by atoms with Crippen LogP contribution in [0.3, 0.4) is 0 Å². The van der Waals surface area contributed by atoms with Crippen molar-refractivity contribution in [2.75, 3.05) is 6.54 Å². The molecule has 2 N–H and O–H groups in total. The number of carboxylic acid groups (broad SMARTS) is 2. The lowest BCUT2D eigenvalue weighted by molar-refractivity contribution is -0.137. The molecule has 40 heavy (non-hydrogen) atoms. The van der Waals surface area contributed by atoms with E-state index in [1.165, 1.54) is 12.1 Å². The highest BCUT2D eigenvalue weighted by Crippen LogP contribution is 2.27. The van der Waals surface area contributed by atoms with Crippen molar-refractivity contribution in [2.45, 2.75) is 32.4 Å². The zero-order valence-corrected chi connectivity index (χ0v) is 22.6. The Bertz CT molecular complexity index is 1390. The molecule has 208 valence electrons. The zero-order valence-electron chi connectivity index (χ0n) is 21.8. The number of carboxylic acids is 2. The second-order valence-corrected chi connectivity index (χ2v) is 9.34. The number of hydrogen-bond acceptors (Lipinski definition) is 4. The van der Waals surface area contributed by atoms with Gasteiger partial charge in [0.2, 0.25) is 0 Å². The number of rotatable bonds is 13. The molecule has 0 aromatic heterocycles. The van der Waals surface area contributed by atoms with E-state index >= 15 is 0 Å². The minimum Gasteiger partial charge on any atom is -0.481 e. The molecule has 0 aliphatic rings. The van der Waals surface area contributed by atoms with Crippen LogP contribution in [-0.2, 0) is 17.9 Å². The fraction of sp³-hybridized carbons (Fsp3) is 0.188. The van der Waals surface area contributed by atoms with Crippen molar-refractivity contribution in [2.24, 2.45) is 0 Å². The van der Waals surface area contributed by atoms with Gasteiger partial charge in [0, 0.05) is 19.5 Å². The Morgan fingerprint density at radius 1 is 0.725 bits per heavy atom. The Kier molecular flexibility index (Phi) is 11.2. The number of aliphatic carboxylic acids is 1. The largest absolute Gasteiger partial charge is 0.481 e. The van der Waals surface area contributed by atoms with Crippen molar-refractivity contribution in [3.05, 3.63) is 120 Å². The van der Waals surface area contributed by atoms with Crippen LogP contribution in [0.5, 0.6) is 11.5 Å². The fourth-order valence-electron chi connectivity index (χ4n) is 4.30. The smallest absolute Gasteiger partial charge is 0.335 e. The van der Waals surface area contributed by atoms with Crippen LogP contribution in [0.15, 0.2) is 97.1 Å². The predicted molar refractivity (Wildman–Crippen MR) is 155 cm³/mol. The second-order valence-electron chi connectivity index (χ2n) is 9.34. The molecule has 0 saturated heterocycles. The van der Waals surface area contributed by atoms with Crippen LogP contribution >= 0.6 is 12.4 Å². The van der Waals surface area contributed by atoms with Crippen LogP contribution in [0.1, 0.15) is 40.7 Å². The van der Waals surface area contributed by atoms with Gasteiger partial charge in [0.25, 0.3) is 0 Å². The third-order valence-corrected chi connectivity index (χ3v) is 6.29. The summed E-state index contributed by atoms with van der Waals surface area (Å²) in [7, 11) is 0. The Morgan fingerprint density at radius 2 is 1.35 bits per heavy atom. The van der Waals surface area contributed by atoms with Gasteiger partial charge < -0.3 is 14.9 Å². The molecule has 0 atom stereocenters. The average molecular weight is 564 g/mol. The monoisotopic (exact) mass is 563 g/mol. The SMILES string of the molecule is Cl.O=C(O)CCCCN(Cc1ccc(C(=O)O)cc1)Cc1cccc(Oc2ccc(-c3ccc(F)cc3)cc2)c1. The van der Waals surface area contributed by atoms with Gasteiger partial charge in [-0.25, -0.2) is 9.18 Å². The first-order valence-corrected chi connectivity index (χ1v) is 12.7. The Labute approximate surface area is 239 Å². The van der Waals surface area contributed by atoms with Gasteiger partial charge in [-0.2, -0.15) is 0 Å². The van der Waals surface area contributed by atoms with Gasteiger partial charge in [-0.15, -0.1) is 12.4 Å². The molecule has 4 aromatic rings. The standard InChI is InChI=1S/C32H30FNO5.ClH/c33-28-15-11-25(12-16-28)26-13-17-29(18-14-26)39-30-5-3-4-24(20-30)22-34(19-2-1-6-31(35)36)21-23-7-9-27(10-8-23)32(37)38;/h3-5,7-18,20H,1-2,6,19,21-22H2,(H,35,36)(H,37,38);1H. The number of aromatic carboxylic acids is 1. The summed E-state index contributed by atoms with van der Waals surface area (Å²) in [6, 6.07) is 28.6. The molecule has 0 heterocycles. The molecule has 0 amide bonds. The molecule has 0 unspecified atom stereocenters. The highest BCUT2D eigenvalue weighted by atomic mass is 35.5. The molecule has 0 saturated carbocycles. The summed E-state index contributed by atoms with van der Waals surface area (Å²) >= 11 is 0. The third kappa shape index (κ3) is 9.22. The van der Waals surface area contributed by atoms with E-state index in [2.05, 4.69) is 4.90 Å². The van der Waals surface area contributed by atoms with Crippen molar-refractivity contribution >= 4 is 24.3 Å². The maximum absolute atomic E-state index is 13.2. The molecule has 0 fully saturated rings. The van der Waals surface area contributed by atoms with Gasteiger partial charge in [-0.1, -0.05) is 48.5 Å². The lowest BCUT2D eigenvalue weighted by Gasteiger charge is -2.23. The normalized spacial score (nSPS) is 10.7. The van der Waals surface area contributed by atoms with E-state index in [9.17, 15) is 14.0 Å². The zero-order chi connectivity index (χ0) is 27.6. The summed E-state index contributed by atoms with van der Waals surface area (Å²) in [5.41, 5.74) is 4.14. The number of ether oxygens (including phenoxy) is 1. The molecule has 4 rings (SSSR count). The number of halogens is 2. The second kappa shape index (κ2) is 14.8. The van der Waals surface area contributed by atoms with Crippen molar-refractivity contribution < 1.29 is 28.9 Å². The van der Waals surface area contributed by atoms with E-state index < -0.39 is 11.9 Å². The number of unbranched alkanes of at least 4 members (excludes halogenated alkanes) is 1. The van der Waals surface area contributed by atoms with Crippen LogP contribution in [-0.4, -0.2) is 33.6 Å². The number of hydrogen-bond donors (Lipinski definition) is 2. The van der Waals surface area contributed by atoms with Gasteiger partial charge in [-0.05, 0) is 90.2 Å². The third-order valence-electron chi connectivity index (χ3n) is 6.29. The quantitative estimate of drug-likeness (QED) is 0.162. The van der Waals surface area contributed by atoms with Gasteiger partial charge in [0.15, 0.2) is 0 Å². The first-order chi connectivity index (χ1) is 18.9. The molecule has 0 radical (unpaired) electrons. The minimum absolute atomic E-state index is 0. The predicted octanol–water partition coefficient (Wildman–Crippen LogP) is 7.66. The first kappa shape index (κ1) is 30.3. The number of benzene rings is 4. The molecule has 0 aliphatic carbocycles. The maximum Gasteiger partial charge on any atom is 0.335 e. The van der Waals surface area contributed by atoms with Crippen molar-refractivity contribution in [1.29, 1.82) is 0 Å². The van der Waals surface area contributed by atoms with Crippen LogP contribution in [0, 0.1) is 5.82 Å². The highest BCUT2D eigenvalue weighted by molar-refractivity contribution is 5.87. The highest BCUT2D eigenvalue weighted by Gasteiger charge is 2.11. The Balaban J connectivity index is 0.00000441. The van der Waals surface area contributed by atoms with Gasteiger partial charge >= 0.3 is 11.9 Å². The van der Waals surface area contributed by atoms with Crippen molar-refractivity contribution in [3.63, 3.8) is 0 Å². The molecule has 0 bridgehead atoms. The van der Waals surface area contributed by atoms with E-state index in [1.54, 1.807) is 24.3 Å². The fourth-order valence-corrected chi connectivity index (χ4v) is 4.30. The molecule has 4 aromatic carbocycles. The molecular weight excluding hydrogens is 533 g/mol. The number of carbonyl (C=O) groups is 2. The van der Waals surface area contributed by atoms with E-state index in [-0.39, 0.29) is 30.2 Å². The van der Waals surface area contributed by atoms with Crippen molar-refractivity contribution in [1.82, 2.24) is 4.90 Å². The van der Waals surface area contributed by atoms with Crippen LogP contribution in [0.25, 0.3) is 11.1 Å². The van der Waals surface area contributed by atoms with E-state index in [1.807, 2.05) is 60.7 Å². The Morgan fingerprint density at radius 3 is 1.98 bits per heavy atom. The lowest BCUT2D eigenvalue weighted by atomic mass is 10.1. The average Bonchev–Trinajstić information content (AvgIpc) is 2.92. The van der Waals surface area contributed by atoms with Crippen LogP contribution < -0.4 is 4.74 Å². The first-order valence-electron chi connectivity index (χ1n) is 12.7. The van der Waals surface area contributed by atoms with Crippen LogP contribution in [0.2, 0.25) is 0 Å². The lowest BCUT2D eigenvalue weighted by Crippen LogP contribution is -2.24. The summed E-state index contributed by atoms with van der Waals surface area (Å²) in [4.78, 5) is 24.3. The summed E-state index contributed by atoms with van der Waals surface area (Å²) in [5, 5.41) is 18.1. The molecule has 8 heteroatoms. The van der Waals surface area contributed by atoms with Gasteiger partial charge in [0.05, 0.1) is 5.56 Å². The summed E-state index contributed by atoms with van der Waals surface area (Å²) in [6.45, 7) is 1.92. The van der Waals surface area contributed by atoms with Gasteiger partial charge in [-0.3, -0.25) is 9.69 Å². The van der Waals surface area contributed by atoms with E-state index in [0.29, 0.717) is 37.6 Å².